The van der Waals surface area contributed by atoms with Gasteiger partial charge in [-0.2, -0.15) is 0 Å². The molecule has 0 saturated carbocycles. The van der Waals surface area contributed by atoms with Gasteiger partial charge in [-0.25, -0.2) is 4.39 Å². The number of ether oxygens (including phenoxy) is 1. The topological polar surface area (TPSA) is 26.3 Å². The molecule has 0 heterocycles. The van der Waals surface area contributed by atoms with Gasteiger partial charge in [0.15, 0.2) is 0 Å². The van der Waals surface area contributed by atoms with Crippen LogP contribution in [0.4, 0.5) is 4.39 Å². The van der Waals surface area contributed by atoms with Crippen molar-refractivity contribution in [1.29, 1.82) is 0 Å². The molecule has 2 rings (SSSR count). The summed E-state index contributed by atoms with van der Waals surface area (Å²) < 4.78 is 18.1. The molecule has 2 nitrogen and oxygen atoms in total. The van der Waals surface area contributed by atoms with Crippen LogP contribution in [-0.2, 0) is 17.6 Å². The predicted octanol–water partition coefficient (Wildman–Crippen LogP) is 3.58. The van der Waals surface area contributed by atoms with Crippen LogP contribution in [0.3, 0.4) is 0 Å². The number of methoxy groups -OCH3 is 1. The molecule has 0 aromatic heterocycles. The molecule has 2 aromatic carbocycles. The van der Waals surface area contributed by atoms with E-state index in [-0.39, 0.29) is 18.0 Å². The highest BCUT2D eigenvalue weighted by atomic mass is 19.1. The summed E-state index contributed by atoms with van der Waals surface area (Å²) in [5.74, 6) is 0.622. The van der Waals surface area contributed by atoms with Gasteiger partial charge in [-0.15, -0.1) is 0 Å². The number of hydrogen-bond donors (Lipinski definition) is 0. The summed E-state index contributed by atoms with van der Waals surface area (Å²) in [6.07, 6.45) is 1.44. The molecule has 0 fully saturated rings. The van der Waals surface area contributed by atoms with Crippen LogP contribution >= 0.6 is 0 Å². The average Bonchev–Trinajstić information content (AvgIpc) is 2.46. The van der Waals surface area contributed by atoms with E-state index in [1.54, 1.807) is 19.2 Å². The molecule has 0 atom stereocenters. The lowest BCUT2D eigenvalue weighted by Crippen LogP contribution is -2.04. The molecule has 0 aliphatic heterocycles. The monoisotopic (exact) mass is 272 g/mol. The summed E-state index contributed by atoms with van der Waals surface area (Å²) in [7, 11) is 1.62. The van der Waals surface area contributed by atoms with Crippen molar-refractivity contribution in [1.82, 2.24) is 0 Å². The van der Waals surface area contributed by atoms with Crippen LogP contribution < -0.4 is 4.74 Å². The Balaban J connectivity index is 1.85. The third kappa shape index (κ3) is 4.19. The number of Topliss-reactive ketones (excluding diaryl/α,β-unsaturated/α-hetero) is 1. The first-order valence-electron chi connectivity index (χ1n) is 6.56. The lowest BCUT2D eigenvalue weighted by atomic mass is 10.0. The van der Waals surface area contributed by atoms with Crippen LogP contribution in [-0.4, -0.2) is 12.9 Å². The highest BCUT2D eigenvalue weighted by Gasteiger charge is 2.05. The second-order valence-electron chi connectivity index (χ2n) is 4.69. The molecule has 104 valence electrons. The average molecular weight is 272 g/mol. The summed E-state index contributed by atoms with van der Waals surface area (Å²) in [5.41, 5.74) is 1.82. The number of benzene rings is 2. The maximum absolute atomic E-state index is 13.0. The largest absolute Gasteiger partial charge is 0.497 e. The highest BCUT2D eigenvalue weighted by Crippen LogP contribution is 2.13. The van der Waals surface area contributed by atoms with Gasteiger partial charge in [0.2, 0.25) is 0 Å². The van der Waals surface area contributed by atoms with Gasteiger partial charge < -0.3 is 4.74 Å². The molecule has 0 N–H and O–H groups in total. The highest BCUT2D eigenvalue weighted by molar-refractivity contribution is 5.81. The normalized spacial score (nSPS) is 10.3. The van der Waals surface area contributed by atoms with Gasteiger partial charge in [0.05, 0.1) is 7.11 Å². The number of ketones is 1. The number of aryl methyl sites for hydroxylation is 1. The fraction of sp³-hybridized carbons (Fsp3) is 0.235. The van der Waals surface area contributed by atoms with Crippen LogP contribution in [0.25, 0.3) is 0 Å². The standard InChI is InChI=1S/C17H17FO2/c1-20-17-9-6-13(7-10-17)5-8-16(19)12-14-3-2-4-15(18)11-14/h2-4,6-7,9-11H,5,8,12H2,1H3. The van der Waals surface area contributed by atoms with Crippen LogP contribution in [0.2, 0.25) is 0 Å². The van der Waals surface area contributed by atoms with Crippen molar-refractivity contribution in [2.75, 3.05) is 7.11 Å². The Kier molecular flexibility index (Phi) is 4.88. The van der Waals surface area contributed by atoms with Gasteiger partial charge in [-0.05, 0) is 41.8 Å². The summed E-state index contributed by atoms with van der Waals surface area (Å²) in [6.45, 7) is 0. The zero-order valence-corrected chi connectivity index (χ0v) is 11.4. The first kappa shape index (κ1) is 14.3. The number of halogens is 1. The maximum atomic E-state index is 13.0. The minimum atomic E-state index is -0.301. The Bertz CT molecular complexity index is 576. The van der Waals surface area contributed by atoms with Gasteiger partial charge in [0.1, 0.15) is 17.3 Å². The summed E-state index contributed by atoms with van der Waals surface area (Å²) in [4.78, 5) is 11.9. The Hall–Kier alpha value is -2.16. The second-order valence-corrected chi connectivity index (χ2v) is 4.69. The van der Waals surface area contributed by atoms with E-state index < -0.39 is 0 Å². The van der Waals surface area contributed by atoms with Crippen molar-refractivity contribution in [2.45, 2.75) is 19.3 Å². The first-order valence-corrected chi connectivity index (χ1v) is 6.56. The Morgan fingerprint density at radius 3 is 2.50 bits per heavy atom. The fourth-order valence-corrected chi connectivity index (χ4v) is 2.04. The molecule has 0 radical (unpaired) electrons. The lowest BCUT2D eigenvalue weighted by Gasteiger charge is -2.04. The van der Waals surface area contributed by atoms with E-state index in [4.69, 9.17) is 4.74 Å². The zero-order valence-electron chi connectivity index (χ0n) is 11.4. The molecular formula is C17H17FO2. The van der Waals surface area contributed by atoms with E-state index >= 15 is 0 Å². The zero-order chi connectivity index (χ0) is 14.4. The molecule has 20 heavy (non-hydrogen) atoms. The SMILES string of the molecule is COc1ccc(CCC(=O)Cc2cccc(F)c2)cc1. The van der Waals surface area contributed by atoms with Crippen molar-refractivity contribution < 1.29 is 13.9 Å². The lowest BCUT2D eigenvalue weighted by molar-refractivity contribution is -0.118. The second kappa shape index (κ2) is 6.85. The van der Waals surface area contributed by atoms with Crippen molar-refractivity contribution in [3.8, 4) is 5.75 Å². The van der Waals surface area contributed by atoms with Crippen molar-refractivity contribution in [3.63, 3.8) is 0 Å². The third-order valence-electron chi connectivity index (χ3n) is 3.14. The molecule has 0 aliphatic rings. The molecule has 0 saturated heterocycles. The van der Waals surface area contributed by atoms with Crippen molar-refractivity contribution >= 4 is 5.78 Å². The predicted molar refractivity (Wildman–Crippen MR) is 76.4 cm³/mol. The first-order chi connectivity index (χ1) is 9.67. The van der Waals surface area contributed by atoms with E-state index in [1.807, 2.05) is 24.3 Å². The maximum Gasteiger partial charge on any atom is 0.137 e. The molecule has 0 aliphatic carbocycles. The number of rotatable bonds is 6. The fourth-order valence-electron chi connectivity index (χ4n) is 2.04. The van der Waals surface area contributed by atoms with Gasteiger partial charge in [0.25, 0.3) is 0 Å². The van der Waals surface area contributed by atoms with Gasteiger partial charge in [0, 0.05) is 12.8 Å². The smallest absolute Gasteiger partial charge is 0.137 e. The van der Waals surface area contributed by atoms with Crippen molar-refractivity contribution in [3.05, 3.63) is 65.5 Å². The Morgan fingerprint density at radius 2 is 1.85 bits per heavy atom. The molecule has 0 bridgehead atoms. The third-order valence-corrected chi connectivity index (χ3v) is 3.14. The van der Waals surface area contributed by atoms with E-state index in [2.05, 4.69) is 0 Å². The molecule has 2 aromatic rings. The van der Waals surface area contributed by atoms with Gasteiger partial charge in [-0.1, -0.05) is 24.3 Å². The van der Waals surface area contributed by atoms with Crippen LogP contribution in [0, 0.1) is 5.82 Å². The molecular weight excluding hydrogens is 255 g/mol. The molecule has 3 heteroatoms. The number of hydrogen-bond acceptors (Lipinski definition) is 2. The van der Waals surface area contributed by atoms with Gasteiger partial charge in [-0.3, -0.25) is 4.79 Å². The van der Waals surface area contributed by atoms with E-state index in [0.717, 1.165) is 16.9 Å². The van der Waals surface area contributed by atoms with E-state index in [1.165, 1.54) is 12.1 Å². The summed E-state index contributed by atoms with van der Waals surface area (Å²) in [6, 6.07) is 13.9. The minimum Gasteiger partial charge on any atom is -0.497 e. The van der Waals surface area contributed by atoms with Crippen LogP contribution in [0.15, 0.2) is 48.5 Å². The van der Waals surface area contributed by atoms with Crippen LogP contribution in [0.1, 0.15) is 17.5 Å². The van der Waals surface area contributed by atoms with Crippen LogP contribution in [0.5, 0.6) is 5.75 Å². The quantitative estimate of drug-likeness (QED) is 0.803. The Labute approximate surface area is 118 Å². The van der Waals surface area contributed by atoms with Crippen molar-refractivity contribution in [2.24, 2.45) is 0 Å². The number of carbonyl (C=O) groups excluding carboxylic acids is 1. The molecule has 0 spiro atoms. The van der Waals surface area contributed by atoms with Gasteiger partial charge >= 0.3 is 0 Å². The molecule has 0 unspecified atom stereocenters. The summed E-state index contributed by atoms with van der Waals surface area (Å²) in [5, 5.41) is 0. The van der Waals surface area contributed by atoms with E-state index in [9.17, 15) is 9.18 Å². The summed E-state index contributed by atoms with van der Waals surface area (Å²) >= 11 is 0. The van der Waals surface area contributed by atoms with E-state index in [0.29, 0.717) is 12.8 Å². The Morgan fingerprint density at radius 1 is 1.10 bits per heavy atom. The number of carbonyl (C=O) groups is 1. The molecule has 0 amide bonds. The minimum absolute atomic E-state index is 0.117.